The molecule has 25 heavy (non-hydrogen) atoms. The molecule has 3 nitrogen and oxygen atoms in total. The number of ether oxygens (including phenoxy) is 1. The van der Waals surface area contributed by atoms with Gasteiger partial charge in [0.2, 0.25) is 5.78 Å². The summed E-state index contributed by atoms with van der Waals surface area (Å²) in [5, 5.41) is -0.0563. The number of benzene rings is 2. The molecule has 0 aliphatic carbocycles. The Hall–Kier alpha value is -2.20. The number of hydrogen-bond donors (Lipinski definition) is 0. The van der Waals surface area contributed by atoms with Gasteiger partial charge in [0.15, 0.2) is 6.10 Å². The Kier molecular flexibility index (Phi) is 5.63. The van der Waals surface area contributed by atoms with Crippen LogP contribution >= 0.6 is 11.6 Å². The Labute approximate surface area is 151 Å². The maximum atomic E-state index is 13.0. The third-order valence-corrected chi connectivity index (χ3v) is 4.15. The lowest BCUT2D eigenvalue weighted by Crippen LogP contribution is -2.24. The average Bonchev–Trinajstić information content (AvgIpc) is 2.53. The van der Waals surface area contributed by atoms with E-state index in [1.54, 1.807) is 12.1 Å². The summed E-state index contributed by atoms with van der Waals surface area (Å²) in [6, 6.07) is 10.6. The molecule has 0 bridgehead atoms. The van der Waals surface area contributed by atoms with Gasteiger partial charge in [-0.1, -0.05) is 56.6 Å². The molecular formula is C20H20ClFO3. The van der Waals surface area contributed by atoms with Crippen molar-refractivity contribution in [1.29, 1.82) is 0 Å². The second-order valence-electron chi connectivity index (χ2n) is 6.86. The van der Waals surface area contributed by atoms with E-state index in [1.807, 2.05) is 12.1 Å². The smallest absolute Gasteiger partial charge is 0.340 e. The summed E-state index contributed by atoms with van der Waals surface area (Å²) in [7, 11) is 0. The third kappa shape index (κ3) is 4.67. The van der Waals surface area contributed by atoms with Crippen LogP contribution < -0.4 is 0 Å². The predicted octanol–water partition coefficient (Wildman–Crippen LogP) is 5.20. The van der Waals surface area contributed by atoms with Gasteiger partial charge in [0, 0.05) is 5.56 Å². The van der Waals surface area contributed by atoms with E-state index in [1.165, 1.54) is 13.0 Å². The lowest BCUT2D eigenvalue weighted by molar-refractivity contribution is 0.0319. The van der Waals surface area contributed by atoms with Crippen molar-refractivity contribution in [3.8, 4) is 0 Å². The normalized spacial score (nSPS) is 12.6. The van der Waals surface area contributed by atoms with Crippen molar-refractivity contribution in [3.63, 3.8) is 0 Å². The molecule has 0 amide bonds. The molecule has 132 valence electrons. The van der Waals surface area contributed by atoms with Gasteiger partial charge in [-0.25, -0.2) is 9.18 Å². The van der Waals surface area contributed by atoms with Crippen LogP contribution in [0.15, 0.2) is 42.5 Å². The molecule has 0 fully saturated rings. The molecule has 0 unspecified atom stereocenters. The molecule has 0 N–H and O–H groups in total. The molecular weight excluding hydrogens is 343 g/mol. The van der Waals surface area contributed by atoms with Crippen molar-refractivity contribution >= 4 is 23.4 Å². The summed E-state index contributed by atoms with van der Waals surface area (Å²) in [6.45, 7) is 7.75. The van der Waals surface area contributed by atoms with Gasteiger partial charge < -0.3 is 4.74 Å². The Bertz CT molecular complexity index is 792. The van der Waals surface area contributed by atoms with E-state index in [-0.39, 0.29) is 21.8 Å². The van der Waals surface area contributed by atoms with Gasteiger partial charge in [-0.15, -0.1) is 0 Å². The molecule has 0 spiro atoms. The Morgan fingerprint density at radius 1 is 1.08 bits per heavy atom. The fraction of sp³-hybridized carbons (Fsp3) is 0.300. The summed E-state index contributed by atoms with van der Waals surface area (Å²) < 4.78 is 18.2. The number of hydrogen-bond acceptors (Lipinski definition) is 3. The van der Waals surface area contributed by atoms with E-state index < -0.39 is 17.9 Å². The maximum Gasteiger partial charge on any atom is 0.340 e. The quantitative estimate of drug-likeness (QED) is 0.554. The van der Waals surface area contributed by atoms with Gasteiger partial charge in [-0.2, -0.15) is 0 Å². The number of halogens is 2. The van der Waals surface area contributed by atoms with E-state index in [0.717, 1.165) is 17.7 Å². The van der Waals surface area contributed by atoms with Crippen molar-refractivity contribution < 1.29 is 18.7 Å². The highest BCUT2D eigenvalue weighted by atomic mass is 35.5. The van der Waals surface area contributed by atoms with Crippen LogP contribution in [-0.2, 0) is 10.2 Å². The highest BCUT2D eigenvalue weighted by Gasteiger charge is 2.22. The highest BCUT2D eigenvalue weighted by molar-refractivity contribution is 6.33. The van der Waals surface area contributed by atoms with Crippen molar-refractivity contribution in [3.05, 3.63) is 70.0 Å². The topological polar surface area (TPSA) is 43.4 Å². The van der Waals surface area contributed by atoms with Gasteiger partial charge in [-0.3, -0.25) is 4.79 Å². The van der Waals surface area contributed by atoms with Crippen LogP contribution in [0.1, 0.15) is 54.0 Å². The Balaban J connectivity index is 2.10. The Morgan fingerprint density at radius 2 is 1.68 bits per heavy atom. The number of esters is 1. The van der Waals surface area contributed by atoms with E-state index in [9.17, 15) is 14.0 Å². The van der Waals surface area contributed by atoms with Crippen LogP contribution in [0.2, 0.25) is 5.02 Å². The van der Waals surface area contributed by atoms with Gasteiger partial charge >= 0.3 is 5.97 Å². The van der Waals surface area contributed by atoms with Crippen LogP contribution in [0, 0.1) is 5.82 Å². The zero-order valence-corrected chi connectivity index (χ0v) is 15.4. The third-order valence-electron chi connectivity index (χ3n) is 3.84. The highest BCUT2D eigenvalue weighted by Crippen LogP contribution is 2.23. The van der Waals surface area contributed by atoms with Crippen LogP contribution in [-0.4, -0.2) is 17.9 Å². The molecule has 1 atom stereocenters. The van der Waals surface area contributed by atoms with Crippen molar-refractivity contribution in [1.82, 2.24) is 0 Å². The zero-order chi connectivity index (χ0) is 18.8. The molecule has 0 heterocycles. The van der Waals surface area contributed by atoms with E-state index >= 15 is 0 Å². The minimum atomic E-state index is -0.978. The first-order valence-electron chi connectivity index (χ1n) is 7.90. The van der Waals surface area contributed by atoms with Crippen LogP contribution in [0.3, 0.4) is 0 Å². The molecule has 0 saturated carbocycles. The second kappa shape index (κ2) is 7.36. The van der Waals surface area contributed by atoms with E-state index in [2.05, 4.69) is 20.8 Å². The summed E-state index contributed by atoms with van der Waals surface area (Å²) in [5.41, 5.74) is 1.56. The minimum absolute atomic E-state index is 0.0149. The van der Waals surface area contributed by atoms with Gasteiger partial charge in [-0.05, 0) is 36.1 Å². The molecule has 0 aliphatic heterocycles. The summed E-state index contributed by atoms with van der Waals surface area (Å²) in [5.74, 6) is -1.63. The van der Waals surface area contributed by atoms with E-state index in [0.29, 0.717) is 5.56 Å². The standard InChI is InChI=1S/C20H20ClFO3/c1-12(25-19(24)16-10-9-15(22)11-17(16)21)18(23)13-5-7-14(8-6-13)20(2,3)4/h5-12H,1-4H3/t12-/m1/s1. The molecule has 2 aromatic carbocycles. The summed E-state index contributed by atoms with van der Waals surface area (Å²) in [6.07, 6.45) is -0.978. The lowest BCUT2D eigenvalue weighted by Gasteiger charge is -2.19. The van der Waals surface area contributed by atoms with Gasteiger partial charge in [0.1, 0.15) is 5.82 Å². The second-order valence-corrected chi connectivity index (χ2v) is 7.27. The average molecular weight is 363 g/mol. The van der Waals surface area contributed by atoms with Crippen molar-refractivity contribution in [2.24, 2.45) is 0 Å². The molecule has 0 aromatic heterocycles. The monoisotopic (exact) mass is 362 g/mol. The summed E-state index contributed by atoms with van der Waals surface area (Å²) >= 11 is 5.84. The molecule has 2 aromatic rings. The summed E-state index contributed by atoms with van der Waals surface area (Å²) in [4.78, 5) is 24.6. The Morgan fingerprint density at radius 3 is 2.20 bits per heavy atom. The fourth-order valence-electron chi connectivity index (χ4n) is 2.30. The minimum Gasteiger partial charge on any atom is -0.451 e. The molecule has 2 rings (SSSR count). The largest absolute Gasteiger partial charge is 0.451 e. The number of rotatable bonds is 4. The van der Waals surface area contributed by atoms with Crippen molar-refractivity contribution in [2.75, 3.05) is 0 Å². The van der Waals surface area contributed by atoms with Gasteiger partial charge in [0.25, 0.3) is 0 Å². The zero-order valence-electron chi connectivity index (χ0n) is 14.6. The molecule has 0 aliphatic rings. The number of carbonyl (C=O) groups excluding carboxylic acids is 2. The van der Waals surface area contributed by atoms with E-state index in [4.69, 9.17) is 16.3 Å². The predicted molar refractivity (Wildman–Crippen MR) is 95.8 cm³/mol. The SMILES string of the molecule is C[C@@H](OC(=O)c1ccc(F)cc1Cl)C(=O)c1ccc(C(C)(C)C)cc1. The first kappa shape index (κ1) is 19.1. The molecule has 5 heteroatoms. The first-order valence-corrected chi connectivity index (χ1v) is 8.28. The maximum absolute atomic E-state index is 13.0. The number of carbonyl (C=O) groups is 2. The lowest BCUT2D eigenvalue weighted by atomic mass is 9.86. The van der Waals surface area contributed by atoms with Crippen molar-refractivity contribution in [2.45, 2.75) is 39.2 Å². The number of Topliss-reactive ketones (excluding diaryl/α,β-unsaturated/α-hetero) is 1. The number of ketones is 1. The first-order chi connectivity index (χ1) is 11.6. The van der Waals surface area contributed by atoms with Crippen LogP contribution in [0.5, 0.6) is 0 Å². The van der Waals surface area contributed by atoms with Gasteiger partial charge in [0.05, 0.1) is 10.6 Å². The molecule has 0 saturated heterocycles. The fourth-order valence-corrected chi connectivity index (χ4v) is 2.55. The molecule has 0 radical (unpaired) electrons. The van der Waals surface area contributed by atoms with Crippen LogP contribution in [0.4, 0.5) is 4.39 Å². The van der Waals surface area contributed by atoms with Crippen LogP contribution in [0.25, 0.3) is 0 Å².